The van der Waals surface area contributed by atoms with E-state index in [2.05, 4.69) is 10.2 Å². The minimum absolute atomic E-state index is 0.310. The number of hydrogen-bond acceptors (Lipinski definition) is 7. The summed E-state index contributed by atoms with van der Waals surface area (Å²) >= 11 is 0. The number of carbonyl (C=O) groups excluding carboxylic acids is 2. The molecular formula is C26H27F5N4O4. The van der Waals surface area contributed by atoms with Crippen LogP contribution in [0.3, 0.4) is 0 Å². The summed E-state index contributed by atoms with van der Waals surface area (Å²) in [5.74, 6) is 1.05. The van der Waals surface area contributed by atoms with E-state index in [-0.39, 0.29) is 5.56 Å². The predicted octanol–water partition coefficient (Wildman–Crippen LogP) is 4.02. The highest BCUT2D eigenvalue weighted by molar-refractivity contribution is 5.96. The van der Waals surface area contributed by atoms with Gasteiger partial charge >= 0.3 is 6.18 Å². The van der Waals surface area contributed by atoms with Gasteiger partial charge in [-0.1, -0.05) is 12.1 Å². The van der Waals surface area contributed by atoms with Crippen molar-refractivity contribution in [1.82, 2.24) is 15.1 Å². The first-order valence-electron chi connectivity index (χ1n) is 12.3. The highest BCUT2D eigenvalue weighted by Gasteiger charge is 2.38. The van der Waals surface area contributed by atoms with Gasteiger partial charge in [-0.15, -0.1) is 10.2 Å². The van der Waals surface area contributed by atoms with Crippen LogP contribution in [0.4, 0.5) is 27.8 Å². The predicted molar refractivity (Wildman–Crippen MR) is 130 cm³/mol. The number of nitrogens with zero attached hydrogens (tertiary/aromatic N) is 4. The number of ether oxygens (including phenoxy) is 2. The molecule has 13 heteroatoms. The van der Waals surface area contributed by atoms with Gasteiger partial charge in [0.2, 0.25) is 5.88 Å². The quantitative estimate of drug-likeness (QED) is 0.303. The Hall–Kier alpha value is -3.61. The van der Waals surface area contributed by atoms with Gasteiger partial charge in [0.25, 0.3) is 12.3 Å². The Morgan fingerprint density at radius 3 is 2.23 bits per heavy atom. The second-order valence-corrected chi connectivity index (χ2v) is 9.33. The summed E-state index contributed by atoms with van der Waals surface area (Å²) in [4.78, 5) is 25.1. The van der Waals surface area contributed by atoms with Gasteiger partial charge in [0.05, 0.1) is 17.7 Å². The van der Waals surface area contributed by atoms with Gasteiger partial charge in [0.1, 0.15) is 0 Å². The van der Waals surface area contributed by atoms with E-state index >= 15 is 0 Å². The van der Waals surface area contributed by atoms with Crippen molar-refractivity contribution in [3.8, 4) is 5.88 Å². The van der Waals surface area contributed by atoms with Crippen molar-refractivity contribution in [3.63, 3.8) is 0 Å². The molecule has 2 aromatic rings. The van der Waals surface area contributed by atoms with E-state index in [1.165, 1.54) is 23.1 Å². The topological polar surface area (TPSA) is 84.9 Å². The maximum Gasteiger partial charge on any atom is 0.417 e. The van der Waals surface area contributed by atoms with Crippen LogP contribution in [0.15, 0.2) is 47.5 Å². The first kappa shape index (κ1) is 28.4. The molecule has 0 saturated carbocycles. The van der Waals surface area contributed by atoms with Crippen LogP contribution in [-0.2, 0) is 15.7 Å². The largest absolute Gasteiger partial charge is 0.476 e. The lowest BCUT2D eigenvalue weighted by Crippen LogP contribution is -2.35. The van der Waals surface area contributed by atoms with Crippen LogP contribution >= 0.6 is 0 Å². The summed E-state index contributed by atoms with van der Waals surface area (Å²) in [6.45, 7) is 3.89. The maximum absolute atomic E-state index is 13.3. The van der Waals surface area contributed by atoms with Crippen LogP contribution in [0.25, 0.3) is 0 Å². The molecule has 1 fully saturated rings. The average molecular weight is 555 g/mol. The van der Waals surface area contributed by atoms with Crippen LogP contribution in [0.1, 0.15) is 28.8 Å². The van der Waals surface area contributed by atoms with Crippen molar-refractivity contribution in [1.29, 1.82) is 0 Å². The number of carbonyl (C=O) groups is 2. The zero-order valence-electron chi connectivity index (χ0n) is 20.9. The number of hydrogen-bond donors (Lipinski definition) is 0. The molecule has 0 unspecified atom stereocenters. The fourth-order valence-corrected chi connectivity index (χ4v) is 4.65. The molecule has 3 aliphatic heterocycles. The molecule has 0 radical (unpaired) electrons. The zero-order chi connectivity index (χ0) is 28.0. The van der Waals surface area contributed by atoms with Crippen molar-refractivity contribution < 1.29 is 41.0 Å². The normalized spacial score (nSPS) is 17.7. The summed E-state index contributed by atoms with van der Waals surface area (Å²) in [5.41, 5.74) is 0.872. The summed E-state index contributed by atoms with van der Waals surface area (Å²) < 4.78 is 71.9. The molecule has 0 aliphatic carbocycles. The molecule has 39 heavy (non-hydrogen) atoms. The Morgan fingerprint density at radius 2 is 1.67 bits per heavy atom. The average Bonchev–Trinajstić information content (AvgIpc) is 3.52. The smallest absolute Gasteiger partial charge is 0.417 e. The number of aromatic nitrogens is 2. The Labute approximate surface area is 221 Å². The maximum atomic E-state index is 13.3. The molecule has 8 nitrogen and oxygen atoms in total. The van der Waals surface area contributed by atoms with E-state index in [1.54, 1.807) is 6.07 Å². The van der Waals surface area contributed by atoms with Gasteiger partial charge in [0, 0.05) is 45.5 Å². The fraction of sp³-hybridized carbons (Fsp3) is 0.462. The van der Waals surface area contributed by atoms with Crippen molar-refractivity contribution in [2.45, 2.75) is 25.4 Å². The summed E-state index contributed by atoms with van der Waals surface area (Å²) in [6, 6.07) is 8.59. The molecule has 1 saturated heterocycles. The summed E-state index contributed by atoms with van der Waals surface area (Å²) in [7, 11) is 0. The summed E-state index contributed by atoms with van der Waals surface area (Å²) in [5, 5.41) is 8.47. The van der Waals surface area contributed by atoms with E-state index in [0.29, 0.717) is 50.4 Å². The third kappa shape index (κ3) is 7.28. The fourth-order valence-electron chi connectivity index (χ4n) is 4.65. The van der Waals surface area contributed by atoms with Crippen LogP contribution in [0.5, 0.6) is 5.88 Å². The van der Waals surface area contributed by atoms with E-state index < -0.39 is 30.4 Å². The molecule has 210 valence electrons. The molecule has 5 rings (SSSR count). The molecule has 4 heterocycles. The Kier molecular flexibility index (Phi) is 9.10. The monoisotopic (exact) mass is 554 g/mol. The molecule has 0 spiro atoms. The SMILES string of the molecule is O=C(c1ccccc1C(F)(F)F)N1CC2=C(C1)CN(c1ccc(OCC3CCOCC3)nn1)C2.O=CC(F)F. The standard InChI is InChI=1S/C24H25F3N4O3.C2H2F2O/c25-24(26,27)20-4-2-1-3-19(20)23(32)31-13-17-11-30(12-18(17)14-31)21-5-6-22(29-28-21)34-15-16-7-9-33-10-8-16;3-2(4)1-5/h1-6,16H,7-15H2;1-2H. The minimum atomic E-state index is -4.57. The van der Waals surface area contributed by atoms with Gasteiger partial charge in [-0.25, -0.2) is 8.78 Å². The number of aldehydes is 1. The van der Waals surface area contributed by atoms with Crippen molar-refractivity contribution in [2.75, 3.05) is 50.9 Å². The number of halogens is 5. The molecule has 1 aromatic carbocycles. The van der Waals surface area contributed by atoms with Crippen molar-refractivity contribution >= 4 is 18.0 Å². The Bertz CT molecular complexity index is 1170. The highest BCUT2D eigenvalue weighted by atomic mass is 19.4. The van der Waals surface area contributed by atoms with E-state index in [9.17, 15) is 26.7 Å². The Balaban J connectivity index is 0.000000648. The van der Waals surface area contributed by atoms with E-state index in [4.69, 9.17) is 14.3 Å². The van der Waals surface area contributed by atoms with Crippen molar-refractivity contribution in [3.05, 3.63) is 58.7 Å². The molecule has 0 atom stereocenters. The highest BCUT2D eigenvalue weighted by Crippen LogP contribution is 2.34. The van der Waals surface area contributed by atoms with Gasteiger partial charge in [0.15, 0.2) is 12.1 Å². The first-order chi connectivity index (χ1) is 18.7. The lowest BCUT2D eigenvalue weighted by atomic mass is 10.0. The molecule has 0 bridgehead atoms. The zero-order valence-corrected chi connectivity index (χ0v) is 20.9. The second-order valence-electron chi connectivity index (χ2n) is 9.33. The number of anilines is 1. The van der Waals surface area contributed by atoms with Crippen LogP contribution < -0.4 is 9.64 Å². The lowest BCUT2D eigenvalue weighted by molar-refractivity contribution is -0.138. The van der Waals surface area contributed by atoms with Gasteiger partial charge in [-0.2, -0.15) is 13.2 Å². The van der Waals surface area contributed by atoms with Gasteiger partial charge < -0.3 is 19.3 Å². The number of rotatable bonds is 6. The third-order valence-electron chi connectivity index (χ3n) is 6.64. The van der Waals surface area contributed by atoms with Gasteiger partial charge in [-0.05, 0) is 48.1 Å². The van der Waals surface area contributed by atoms with Crippen LogP contribution in [0, 0.1) is 5.92 Å². The Morgan fingerprint density at radius 1 is 1.03 bits per heavy atom. The molecule has 3 aliphatic rings. The number of amides is 1. The molecule has 1 amide bonds. The van der Waals surface area contributed by atoms with Crippen molar-refractivity contribution in [2.24, 2.45) is 5.92 Å². The molecule has 1 aromatic heterocycles. The summed E-state index contributed by atoms with van der Waals surface area (Å²) in [6.07, 6.45) is -5.82. The molecular weight excluding hydrogens is 527 g/mol. The van der Waals surface area contributed by atoms with Gasteiger partial charge in [-0.3, -0.25) is 9.59 Å². The van der Waals surface area contributed by atoms with E-state index in [0.717, 1.165) is 43.3 Å². The lowest BCUT2D eigenvalue weighted by Gasteiger charge is -2.24. The number of alkyl halides is 5. The second kappa shape index (κ2) is 12.5. The third-order valence-corrected chi connectivity index (χ3v) is 6.64. The molecule has 0 N–H and O–H groups in total. The first-order valence-corrected chi connectivity index (χ1v) is 12.3. The minimum Gasteiger partial charge on any atom is -0.476 e. The number of benzene rings is 1. The van der Waals surface area contributed by atoms with Crippen LogP contribution in [0.2, 0.25) is 0 Å². The van der Waals surface area contributed by atoms with E-state index in [1.807, 2.05) is 11.0 Å². The van der Waals surface area contributed by atoms with Crippen LogP contribution in [-0.4, -0.2) is 79.7 Å².